The molecule has 1 aromatic heterocycles. The first-order valence-corrected chi connectivity index (χ1v) is 7.07. The van der Waals surface area contributed by atoms with Gasteiger partial charge in [0.25, 0.3) is 0 Å². The Labute approximate surface area is 122 Å². The fourth-order valence-corrected chi connectivity index (χ4v) is 1.95. The highest BCUT2D eigenvalue weighted by Gasteiger charge is 2.02. The molecule has 0 radical (unpaired) electrons. The van der Waals surface area contributed by atoms with Gasteiger partial charge >= 0.3 is 0 Å². The zero-order chi connectivity index (χ0) is 13.7. The van der Waals surface area contributed by atoms with E-state index in [9.17, 15) is 0 Å². The number of aromatic nitrogens is 1. The molecule has 2 rings (SSSR count). The van der Waals surface area contributed by atoms with E-state index in [2.05, 4.69) is 33.2 Å². The third-order valence-corrected chi connectivity index (χ3v) is 3.60. The summed E-state index contributed by atoms with van der Waals surface area (Å²) in [5.41, 5.74) is 2.27. The summed E-state index contributed by atoms with van der Waals surface area (Å²) in [4.78, 5) is 4.20. The Morgan fingerprint density at radius 3 is 2.79 bits per heavy atom. The lowest BCUT2D eigenvalue weighted by atomic mass is 10.2. The third kappa shape index (κ3) is 4.04. The number of benzene rings is 1. The summed E-state index contributed by atoms with van der Waals surface area (Å²) in [7, 11) is 0. The summed E-state index contributed by atoms with van der Waals surface area (Å²) in [5.74, 6) is 1.58. The first kappa shape index (κ1) is 14.0. The van der Waals surface area contributed by atoms with Gasteiger partial charge in [0.15, 0.2) is 0 Å². The van der Waals surface area contributed by atoms with Crippen LogP contribution in [0.3, 0.4) is 0 Å². The van der Waals surface area contributed by atoms with Gasteiger partial charge in [0.05, 0.1) is 6.20 Å². The molecule has 0 aliphatic heterocycles. The van der Waals surface area contributed by atoms with Crippen molar-refractivity contribution in [2.45, 2.75) is 20.4 Å². The van der Waals surface area contributed by atoms with Crippen LogP contribution in [0.15, 0.2) is 41.1 Å². The van der Waals surface area contributed by atoms with Crippen LogP contribution in [-0.4, -0.2) is 11.5 Å². The van der Waals surface area contributed by atoms with Crippen LogP contribution in [0.4, 0.5) is 0 Å². The maximum absolute atomic E-state index is 5.82. The molecule has 0 aliphatic carbocycles. The normalized spacial score (nSPS) is 10.5. The minimum absolute atomic E-state index is 0.761. The number of rotatable bonds is 5. The number of nitrogens with one attached hydrogen (secondary N) is 1. The number of halogens is 1. The molecule has 1 aromatic carbocycles. The van der Waals surface area contributed by atoms with Gasteiger partial charge in [-0.1, -0.05) is 22.9 Å². The third-order valence-electron chi connectivity index (χ3n) is 2.71. The van der Waals surface area contributed by atoms with Gasteiger partial charge in [0.1, 0.15) is 11.5 Å². The second-order valence-corrected chi connectivity index (χ2v) is 5.18. The summed E-state index contributed by atoms with van der Waals surface area (Å²) < 4.78 is 6.91. The SMILES string of the molecule is CCNCc1cncc(Oc2ccc(Br)c(C)c2)c1. The fourth-order valence-electron chi connectivity index (χ4n) is 1.70. The largest absolute Gasteiger partial charge is 0.456 e. The highest BCUT2D eigenvalue weighted by molar-refractivity contribution is 9.10. The summed E-state index contributed by atoms with van der Waals surface area (Å²) in [6.07, 6.45) is 3.58. The van der Waals surface area contributed by atoms with Crippen molar-refractivity contribution in [3.8, 4) is 11.5 Å². The van der Waals surface area contributed by atoms with Gasteiger partial charge in [0.2, 0.25) is 0 Å². The molecule has 0 amide bonds. The molecule has 2 aromatic rings. The average Bonchev–Trinajstić information content (AvgIpc) is 2.41. The zero-order valence-corrected chi connectivity index (χ0v) is 12.7. The Morgan fingerprint density at radius 2 is 2.05 bits per heavy atom. The first-order chi connectivity index (χ1) is 9.19. The minimum atomic E-state index is 0.761. The van der Waals surface area contributed by atoms with Gasteiger partial charge in [-0.05, 0) is 48.9 Å². The van der Waals surface area contributed by atoms with Crippen LogP contribution in [0, 0.1) is 6.92 Å². The van der Waals surface area contributed by atoms with Crippen molar-refractivity contribution in [2.24, 2.45) is 0 Å². The first-order valence-electron chi connectivity index (χ1n) is 6.27. The second-order valence-electron chi connectivity index (χ2n) is 4.32. The van der Waals surface area contributed by atoms with E-state index in [0.717, 1.165) is 40.2 Å². The molecular formula is C15H17BrN2O. The zero-order valence-electron chi connectivity index (χ0n) is 11.1. The van der Waals surface area contributed by atoms with Gasteiger partial charge in [0, 0.05) is 17.2 Å². The van der Waals surface area contributed by atoms with Crippen LogP contribution in [0.1, 0.15) is 18.1 Å². The molecule has 0 saturated heterocycles. The molecule has 0 spiro atoms. The molecule has 19 heavy (non-hydrogen) atoms. The van der Waals surface area contributed by atoms with Crippen LogP contribution < -0.4 is 10.1 Å². The maximum Gasteiger partial charge on any atom is 0.146 e. The minimum Gasteiger partial charge on any atom is -0.456 e. The van der Waals surface area contributed by atoms with Crippen molar-refractivity contribution >= 4 is 15.9 Å². The summed E-state index contributed by atoms with van der Waals surface area (Å²) in [6, 6.07) is 7.93. The summed E-state index contributed by atoms with van der Waals surface area (Å²) in [6.45, 7) is 5.87. The quantitative estimate of drug-likeness (QED) is 0.902. The molecule has 100 valence electrons. The standard InChI is InChI=1S/C15H17BrN2O/c1-3-17-8-12-7-14(10-18-9-12)19-13-4-5-15(16)11(2)6-13/h4-7,9-10,17H,3,8H2,1-2H3. The lowest BCUT2D eigenvalue weighted by Crippen LogP contribution is -2.11. The van der Waals surface area contributed by atoms with Gasteiger partial charge in [-0.3, -0.25) is 4.98 Å². The van der Waals surface area contributed by atoms with Crippen molar-refractivity contribution in [1.82, 2.24) is 10.3 Å². The van der Waals surface area contributed by atoms with Crippen LogP contribution in [0.5, 0.6) is 11.5 Å². The van der Waals surface area contributed by atoms with Crippen molar-refractivity contribution in [3.63, 3.8) is 0 Å². The number of hydrogen-bond donors (Lipinski definition) is 1. The smallest absolute Gasteiger partial charge is 0.146 e. The van der Waals surface area contributed by atoms with E-state index in [4.69, 9.17) is 4.74 Å². The van der Waals surface area contributed by atoms with Crippen LogP contribution in [0.2, 0.25) is 0 Å². The Bertz CT molecular complexity index is 558. The number of hydrogen-bond acceptors (Lipinski definition) is 3. The Morgan fingerprint density at radius 1 is 1.21 bits per heavy atom. The van der Waals surface area contributed by atoms with E-state index < -0.39 is 0 Å². The topological polar surface area (TPSA) is 34.2 Å². The molecule has 0 atom stereocenters. The summed E-state index contributed by atoms with van der Waals surface area (Å²) >= 11 is 3.48. The van der Waals surface area contributed by atoms with Crippen LogP contribution in [0.25, 0.3) is 0 Å². The molecule has 1 heterocycles. The van der Waals surface area contributed by atoms with E-state index in [-0.39, 0.29) is 0 Å². The van der Waals surface area contributed by atoms with E-state index in [1.807, 2.05) is 37.4 Å². The van der Waals surface area contributed by atoms with Crippen molar-refractivity contribution in [2.75, 3.05) is 6.54 Å². The fraction of sp³-hybridized carbons (Fsp3) is 0.267. The number of pyridine rings is 1. The predicted molar refractivity (Wildman–Crippen MR) is 80.6 cm³/mol. The molecule has 0 bridgehead atoms. The molecule has 0 saturated carbocycles. The van der Waals surface area contributed by atoms with E-state index in [1.165, 1.54) is 0 Å². The van der Waals surface area contributed by atoms with E-state index >= 15 is 0 Å². The molecule has 4 heteroatoms. The predicted octanol–water partition coefficient (Wildman–Crippen LogP) is 4.05. The average molecular weight is 321 g/mol. The van der Waals surface area contributed by atoms with E-state index in [0.29, 0.717) is 0 Å². The second kappa shape index (κ2) is 6.68. The number of aryl methyl sites for hydroxylation is 1. The van der Waals surface area contributed by atoms with E-state index in [1.54, 1.807) is 6.20 Å². The van der Waals surface area contributed by atoms with Gasteiger partial charge in [-0.15, -0.1) is 0 Å². The van der Waals surface area contributed by atoms with Crippen molar-refractivity contribution < 1.29 is 4.74 Å². The molecule has 0 unspecified atom stereocenters. The van der Waals surface area contributed by atoms with Gasteiger partial charge < -0.3 is 10.1 Å². The van der Waals surface area contributed by atoms with Crippen molar-refractivity contribution in [1.29, 1.82) is 0 Å². The molecule has 3 nitrogen and oxygen atoms in total. The lowest BCUT2D eigenvalue weighted by molar-refractivity contribution is 0.478. The Balaban J connectivity index is 2.11. The Hall–Kier alpha value is -1.39. The maximum atomic E-state index is 5.82. The number of nitrogens with zero attached hydrogens (tertiary/aromatic N) is 1. The van der Waals surface area contributed by atoms with Crippen LogP contribution in [-0.2, 0) is 6.54 Å². The van der Waals surface area contributed by atoms with Crippen molar-refractivity contribution in [3.05, 3.63) is 52.3 Å². The number of ether oxygens (including phenoxy) is 1. The Kier molecular flexibility index (Phi) is 4.93. The lowest BCUT2D eigenvalue weighted by Gasteiger charge is -2.08. The highest BCUT2D eigenvalue weighted by atomic mass is 79.9. The monoisotopic (exact) mass is 320 g/mol. The molecule has 0 fully saturated rings. The van der Waals surface area contributed by atoms with Gasteiger partial charge in [-0.2, -0.15) is 0 Å². The highest BCUT2D eigenvalue weighted by Crippen LogP contribution is 2.26. The molecule has 1 N–H and O–H groups in total. The molecular weight excluding hydrogens is 304 g/mol. The van der Waals surface area contributed by atoms with Crippen LogP contribution >= 0.6 is 15.9 Å². The summed E-state index contributed by atoms with van der Waals surface area (Å²) in [5, 5.41) is 3.27. The van der Waals surface area contributed by atoms with Gasteiger partial charge in [-0.25, -0.2) is 0 Å². The molecule has 0 aliphatic rings.